The van der Waals surface area contributed by atoms with Gasteiger partial charge < -0.3 is 20.5 Å². The number of aliphatic hydroxyl groups is 1. The molecule has 1 saturated heterocycles. The smallest absolute Gasteiger partial charge is 0.315 e. The predicted octanol–water partition coefficient (Wildman–Crippen LogP) is 0.615. The van der Waals surface area contributed by atoms with Crippen LogP contribution in [0.3, 0.4) is 0 Å². The Morgan fingerprint density at radius 3 is 3.06 bits per heavy atom. The summed E-state index contributed by atoms with van der Waals surface area (Å²) >= 11 is 1.62. The summed E-state index contributed by atoms with van der Waals surface area (Å²) in [6.45, 7) is 3.18. The van der Waals surface area contributed by atoms with Crippen molar-refractivity contribution < 1.29 is 14.6 Å². The lowest BCUT2D eigenvalue weighted by Gasteiger charge is -2.14. The number of thiophene rings is 1. The summed E-state index contributed by atoms with van der Waals surface area (Å²) < 4.78 is 5.05. The minimum atomic E-state index is -0.607. The van der Waals surface area contributed by atoms with Crippen molar-refractivity contribution in [2.75, 3.05) is 13.2 Å². The number of hydrogen-bond acceptors (Lipinski definition) is 4. The van der Waals surface area contributed by atoms with Gasteiger partial charge in [-0.05, 0) is 23.9 Å². The molecular weight excluding hydrogens is 240 g/mol. The van der Waals surface area contributed by atoms with Gasteiger partial charge in [0.15, 0.2) is 0 Å². The molecule has 5 nitrogen and oxygen atoms in total. The summed E-state index contributed by atoms with van der Waals surface area (Å²) in [5.41, 5.74) is 1.20. The maximum atomic E-state index is 11.5. The minimum Gasteiger partial charge on any atom is -0.388 e. The maximum absolute atomic E-state index is 11.5. The Labute approximate surface area is 104 Å². The summed E-state index contributed by atoms with van der Waals surface area (Å²) in [6, 6.07) is 1.46. The van der Waals surface area contributed by atoms with Gasteiger partial charge in [-0.2, -0.15) is 0 Å². The highest BCUT2D eigenvalue weighted by Crippen LogP contribution is 2.12. The molecule has 3 N–H and O–H groups in total. The second kappa shape index (κ2) is 5.48. The van der Waals surface area contributed by atoms with Crippen LogP contribution in [0.2, 0.25) is 0 Å². The average Bonchev–Trinajstić information content (AvgIpc) is 2.86. The van der Waals surface area contributed by atoms with Crippen molar-refractivity contribution >= 4 is 17.4 Å². The van der Waals surface area contributed by atoms with E-state index in [1.165, 1.54) is 5.56 Å². The molecule has 1 aliphatic rings. The van der Waals surface area contributed by atoms with E-state index in [2.05, 4.69) is 10.6 Å². The topological polar surface area (TPSA) is 70.6 Å². The zero-order chi connectivity index (χ0) is 12.3. The van der Waals surface area contributed by atoms with Crippen LogP contribution in [0.5, 0.6) is 0 Å². The van der Waals surface area contributed by atoms with E-state index in [0.29, 0.717) is 13.2 Å². The van der Waals surface area contributed by atoms with Gasteiger partial charge in [0.25, 0.3) is 0 Å². The molecule has 0 aliphatic carbocycles. The summed E-state index contributed by atoms with van der Waals surface area (Å²) in [6.07, 6.45) is -0.607. The monoisotopic (exact) mass is 256 g/mol. The summed E-state index contributed by atoms with van der Waals surface area (Å²) in [7, 11) is 0. The van der Waals surface area contributed by atoms with E-state index in [1.54, 1.807) is 11.3 Å². The first kappa shape index (κ1) is 12.3. The molecule has 0 spiro atoms. The highest BCUT2D eigenvalue weighted by Gasteiger charge is 2.27. The first-order chi connectivity index (χ1) is 8.15. The molecule has 1 aliphatic heterocycles. The molecular formula is C11H16N2O3S. The van der Waals surface area contributed by atoms with Gasteiger partial charge in [-0.25, -0.2) is 4.79 Å². The van der Waals surface area contributed by atoms with E-state index in [9.17, 15) is 9.90 Å². The normalized spacial score (nSPS) is 23.6. The van der Waals surface area contributed by atoms with Gasteiger partial charge in [-0.1, -0.05) is 0 Å². The van der Waals surface area contributed by atoms with Gasteiger partial charge in [0.2, 0.25) is 0 Å². The Bertz CT molecular complexity index is 394. The van der Waals surface area contributed by atoms with Crippen LogP contribution in [0.1, 0.15) is 10.4 Å². The molecule has 2 rings (SSSR count). The molecule has 0 saturated carbocycles. The fourth-order valence-electron chi connectivity index (χ4n) is 1.65. The van der Waals surface area contributed by atoms with E-state index >= 15 is 0 Å². The molecule has 1 aromatic heterocycles. The van der Waals surface area contributed by atoms with Gasteiger partial charge in [0.1, 0.15) is 0 Å². The number of carbonyl (C=O) groups excluding carboxylic acids is 1. The van der Waals surface area contributed by atoms with Gasteiger partial charge in [-0.3, -0.25) is 0 Å². The number of ether oxygens (including phenoxy) is 1. The SMILES string of the molecule is Cc1csc(CNC(=O)N[C@@H]2COC[C@H]2O)c1. The molecule has 0 radical (unpaired) electrons. The lowest BCUT2D eigenvalue weighted by Crippen LogP contribution is -2.46. The minimum absolute atomic E-state index is 0.273. The fraction of sp³-hybridized carbons (Fsp3) is 0.545. The molecule has 1 aromatic rings. The zero-order valence-electron chi connectivity index (χ0n) is 9.60. The second-order valence-corrected chi connectivity index (χ2v) is 5.12. The molecule has 0 unspecified atom stereocenters. The molecule has 2 amide bonds. The Morgan fingerprint density at radius 2 is 2.47 bits per heavy atom. The Hall–Kier alpha value is -1.11. The summed E-state index contributed by atoms with van der Waals surface area (Å²) in [4.78, 5) is 12.7. The predicted molar refractivity (Wildman–Crippen MR) is 65.0 cm³/mol. The van der Waals surface area contributed by atoms with E-state index < -0.39 is 6.10 Å². The second-order valence-electron chi connectivity index (χ2n) is 4.13. The van der Waals surface area contributed by atoms with Crippen molar-refractivity contribution in [2.24, 2.45) is 0 Å². The van der Waals surface area contributed by atoms with Crippen molar-refractivity contribution in [3.8, 4) is 0 Å². The lowest BCUT2D eigenvalue weighted by atomic mass is 10.2. The number of hydrogen-bond donors (Lipinski definition) is 3. The van der Waals surface area contributed by atoms with Crippen molar-refractivity contribution in [3.05, 3.63) is 21.9 Å². The first-order valence-corrected chi connectivity index (χ1v) is 6.37. The van der Waals surface area contributed by atoms with Crippen molar-refractivity contribution in [3.63, 3.8) is 0 Å². The Balaban J connectivity index is 1.74. The Kier molecular flexibility index (Phi) is 3.98. The number of urea groups is 1. The molecule has 6 heteroatoms. The van der Waals surface area contributed by atoms with Crippen LogP contribution in [0, 0.1) is 6.92 Å². The third-order valence-corrected chi connectivity index (χ3v) is 3.63. The van der Waals surface area contributed by atoms with Gasteiger partial charge in [-0.15, -0.1) is 11.3 Å². The highest BCUT2D eigenvalue weighted by molar-refractivity contribution is 7.10. The van der Waals surface area contributed by atoms with Crippen LogP contribution in [0.4, 0.5) is 4.79 Å². The lowest BCUT2D eigenvalue weighted by molar-refractivity contribution is 0.122. The summed E-state index contributed by atoms with van der Waals surface area (Å²) in [5, 5.41) is 16.9. The van der Waals surface area contributed by atoms with Crippen LogP contribution in [0.15, 0.2) is 11.4 Å². The number of rotatable bonds is 3. The van der Waals surface area contributed by atoms with Gasteiger partial charge in [0.05, 0.1) is 31.9 Å². The molecule has 94 valence electrons. The average molecular weight is 256 g/mol. The van der Waals surface area contributed by atoms with Crippen LogP contribution in [0.25, 0.3) is 0 Å². The maximum Gasteiger partial charge on any atom is 0.315 e. The number of nitrogens with one attached hydrogen (secondary N) is 2. The molecule has 2 heterocycles. The third kappa shape index (κ3) is 3.42. The molecule has 0 aromatic carbocycles. The van der Waals surface area contributed by atoms with Crippen molar-refractivity contribution in [1.82, 2.24) is 10.6 Å². The molecule has 0 bridgehead atoms. The standard InChI is InChI=1S/C11H16N2O3S/c1-7-2-8(17-6-7)3-12-11(15)13-9-4-16-5-10(9)14/h2,6,9-10,14H,3-5H2,1H3,(H2,12,13,15)/t9-,10-/m1/s1. The summed E-state index contributed by atoms with van der Waals surface area (Å²) in [5.74, 6) is 0. The number of carbonyl (C=O) groups is 1. The van der Waals surface area contributed by atoms with Crippen LogP contribution >= 0.6 is 11.3 Å². The molecule has 2 atom stereocenters. The molecule has 17 heavy (non-hydrogen) atoms. The Morgan fingerprint density at radius 1 is 1.65 bits per heavy atom. The van der Waals surface area contributed by atoms with Gasteiger partial charge >= 0.3 is 6.03 Å². The number of aryl methyl sites for hydroxylation is 1. The van der Waals surface area contributed by atoms with Crippen molar-refractivity contribution in [1.29, 1.82) is 0 Å². The first-order valence-electron chi connectivity index (χ1n) is 5.49. The number of amides is 2. The fourth-order valence-corrected chi connectivity index (χ4v) is 2.47. The number of aliphatic hydroxyl groups excluding tert-OH is 1. The van der Waals surface area contributed by atoms with E-state index in [1.807, 2.05) is 18.4 Å². The van der Waals surface area contributed by atoms with Crippen molar-refractivity contribution in [2.45, 2.75) is 25.6 Å². The van der Waals surface area contributed by atoms with Crippen LogP contribution < -0.4 is 10.6 Å². The van der Waals surface area contributed by atoms with Crippen LogP contribution in [-0.2, 0) is 11.3 Å². The highest BCUT2D eigenvalue weighted by atomic mass is 32.1. The zero-order valence-corrected chi connectivity index (χ0v) is 10.4. The largest absolute Gasteiger partial charge is 0.388 e. The van der Waals surface area contributed by atoms with E-state index in [4.69, 9.17) is 4.74 Å². The third-order valence-electron chi connectivity index (χ3n) is 2.58. The van der Waals surface area contributed by atoms with E-state index in [-0.39, 0.29) is 18.7 Å². The van der Waals surface area contributed by atoms with Crippen LogP contribution in [-0.4, -0.2) is 36.5 Å². The molecule has 1 fully saturated rings. The van der Waals surface area contributed by atoms with Gasteiger partial charge in [0, 0.05) is 4.88 Å². The quantitative estimate of drug-likeness (QED) is 0.742. The van der Waals surface area contributed by atoms with E-state index in [0.717, 1.165) is 4.88 Å².